The van der Waals surface area contributed by atoms with Gasteiger partial charge >= 0.3 is 0 Å². The van der Waals surface area contributed by atoms with Crippen LogP contribution in [0.3, 0.4) is 0 Å². The molecule has 2 aromatic rings. The van der Waals surface area contributed by atoms with Gasteiger partial charge in [0, 0.05) is 0 Å². The van der Waals surface area contributed by atoms with Crippen LogP contribution in [0, 0.1) is 0 Å². The molecule has 0 aliphatic heterocycles. The molecule has 1 unspecified atom stereocenters. The summed E-state index contributed by atoms with van der Waals surface area (Å²) in [6.07, 6.45) is 0.686. The van der Waals surface area contributed by atoms with Gasteiger partial charge < -0.3 is 19.5 Å². The third kappa shape index (κ3) is 3.31. The molecule has 0 spiro atoms. The summed E-state index contributed by atoms with van der Waals surface area (Å²) in [6.45, 7) is 0. The van der Waals surface area contributed by atoms with Crippen LogP contribution in [0.15, 0.2) is 42.5 Å². The molecular weight excluding hydrogens is 282 g/mol. The van der Waals surface area contributed by atoms with Crippen molar-refractivity contribution in [2.75, 3.05) is 21.3 Å². The Balaban J connectivity index is 2.40. The van der Waals surface area contributed by atoms with Gasteiger partial charge in [0.05, 0.1) is 27.4 Å². The minimum Gasteiger partial charge on any atom is -0.497 e. The molecule has 1 amide bonds. The SMILES string of the molecule is COc1ccc(C(NC=O)c2ccc(OC)c(OC)c2)cc1. The zero-order chi connectivity index (χ0) is 15.9. The molecule has 0 saturated heterocycles. The second-order valence-electron chi connectivity index (χ2n) is 4.61. The maximum atomic E-state index is 11.0. The van der Waals surface area contributed by atoms with Crippen molar-refractivity contribution in [3.05, 3.63) is 53.6 Å². The molecule has 5 heteroatoms. The van der Waals surface area contributed by atoms with Crippen LogP contribution < -0.4 is 19.5 Å². The average molecular weight is 301 g/mol. The van der Waals surface area contributed by atoms with Crippen molar-refractivity contribution in [2.24, 2.45) is 0 Å². The van der Waals surface area contributed by atoms with Crippen LogP contribution >= 0.6 is 0 Å². The Morgan fingerprint density at radius 1 is 0.864 bits per heavy atom. The van der Waals surface area contributed by atoms with Crippen LogP contribution in [0.25, 0.3) is 0 Å². The first-order valence-corrected chi connectivity index (χ1v) is 6.79. The first-order valence-electron chi connectivity index (χ1n) is 6.79. The highest BCUT2D eigenvalue weighted by atomic mass is 16.5. The minimum absolute atomic E-state index is 0.275. The predicted octanol–water partition coefficient (Wildman–Crippen LogP) is 2.55. The van der Waals surface area contributed by atoms with Gasteiger partial charge in [-0.15, -0.1) is 0 Å². The van der Waals surface area contributed by atoms with Crippen LogP contribution in [-0.4, -0.2) is 27.7 Å². The Kier molecular flexibility index (Phi) is 5.25. The van der Waals surface area contributed by atoms with Crippen LogP contribution in [0.5, 0.6) is 17.2 Å². The highest BCUT2D eigenvalue weighted by Crippen LogP contribution is 2.32. The van der Waals surface area contributed by atoms with Gasteiger partial charge in [-0.05, 0) is 35.4 Å². The number of methoxy groups -OCH3 is 3. The largest absolute Gasteiger partial charge is 0.497 e. The predicted molar refractivity (Wildman–Crippen MR) is 83.6 cm³/mol. The van der Waals surface area contributed by atoms with Crippen molar-refractivity contribution >= 4 is 6.41 Å². The third-order valence-corrected chi connectivity index (χ3v) is 3.42. The van der Waals surface area contributed by atoms with Crippen molar-refractivity contribution in [1.29, 1.82) is 0 Å². The van der Waals surface area contributed by atoms with E-state index in [9.17, 15) is 4.79 Å². The van der Waals surface area contributed by atoms with Gasteiger partial charge in [0.25, 0.3) is 0 Å². The average Bonchev–Trinajstić information content (AvgIpc) is 2.59. The van der Waals surface area contributed by atoms with E-state index in [0.717, 1.165) is 16.9 Å². The molecule has 116 valence electrons. The second kappa shape index (κ2) is 7.36. The molecule has 0 saturated carbocycles. The van der Waals surface area contributed by atoms with Crippen LogP contribution in [0.4, 0.5) is 0 Å². The first-order chi connectivity index (χ1) is 10.7. The number of benzene rings is 2. The van der Waals surface area contributed by atoms with Crippen molar-refractivity contribution in [3.8, 4) is 17.2 Å². The molecule has 1 N–H and O–H groups in total. The van der Waals surface area contributed by atoms with Gasteiger partial charge in [0.1, 0.15) is 5.75 Å². The van der Waals surface area contributed by atoms with Gasteiger partial charge in [-0.2, -0.15) is 0 Å². The van der Waals surface area contributed by atoms with Gasteiger partial charge in [0.2, 0.25) is 6.41 Å². The fourth-order valence-electron chi connectivity index (χ4n) is 2.28. The Bertz CT molecular complexity index is 625. The molecule has 0 aromatic heterocycles. The maximum absolute atomic E-state index is 11.0. The lowest BCUT2D eigenvalue weighted by Gasteiger charge is -2.19. The van der Waals surface area contributed by atoms with Crippen molar-refractivity contribution in [1.82, 2.24) is 5.32 Å². The fraction of sp³-hybridized carbons (Fsp3) is 0.235. The molecule has 0 bridgehead atoms. The standard InChI is InChI=1S/C17H19NO4/c1-20-14-7-4-12(5-8-14)17(18-11-19)13-6-9-15(21-2)16(10-13)22-3/h4-11,17H,1-3H3,(H,18,19). The van der Waals surface area contributed by atoms with Gasteiger partial charge in [0.15, 0.2) is 11.5 Å². The van der Waals surface area contributed by atoms with Gasteiger partial charge in [-0.1, -0.05) is 18.2 Å². The zero-order valence-corrected chi connectivity index (χ0v) is 12.8. The topological polar surface area (TPSA) is 56.8 Å². The summed E-state index contributed by atoms with van der Waals surface area (Å²) >= 11 is 0. The molecule has 0 heterocycles. The number of amides is 1. The molecule has 2 aromatic carbocycles. The maximum Gasteiger partial charge on any atom is 0.207 e. The number of nitrogens with one attached hydrogen (secondary N) is 1. The summed E-state index contributed by atoms with van der Waals surface area (Å²) in [6, 6.07) is 12.8. The molecule has 1 atom stereocenters. The number of ether oxygens (including phenoxy) is 3. The molecule has 22 heavy (non-hydrogen) atoms. The van der Waals surface area contributed by atoms with E-state index in [-0.39, 0.29) is 6.04 Å². The van der Waals surface area contributed by atoms with E-state index in [1.807, 2.05) is 42.5 Å². The number of carbonyl (C=O) groups excluding carboxylic acids is 1. The summed E-state index contributed by atoms with van der Waals surface area (Å²) in [5.41, 5.74) is 1.84. The lowest BCUT2D eigenvalue weighted by molar-refractivity contribution is -0.110. The number of hydrogen-bond acceptors (Lipinski definition) is 4. The molecule has 0 fully saturated rings. The van der Waals surface area contributed by atoms with Gasteiger partial charge in [-0.3, -0.25) is 4.79 Å². The van der Waals surface area contributed by atoms with Crippen LogP contribution in [0.1, 0.15) is 17.2 Å². The molecular formula is C17H19NO4. The van der Waals surface area contributed by atoms with E-state index >= 15 is 0 Å². The van der Waals surface area contributed by atoms with E-state index in [1.54, 1.807) is 21.3 Å². The molecule has 0 radical (unpaired) electrons. The summed E-state index contributed by atoms with van der Waals surface area (Å²) in [4.78, 5) is 11.0. The Morgan fingerprint density at radius 3 is 2.05 bits per heavy atom. The van der Waals surface area contributed by atoms with E-state index in [4.69, 9.17) is 14.2 Å². The summed E-state index contributed by atoms with van der Waals surface area (Å²) in [5, 5.41) is 2.82. The minimum atomic E-state index is -0.275. The Hall–Kier alpha value is -2.69. The fourth-order valence-corrected chi connectivity index (χ4v) is 2.28. The van der Waals surface area contributed by atoms with E-state index in [0.29, 0.717) is 17.9 Å². The highest BCUT2D eigenvalue weighted by Gasteiger charge is 2.16. The molecule has 0 aliphatic carbocycles. The monoisotopic (exact) mass is 301 g/mol. The quantitative estimate of drug-likeness (QED) is 0.799. The first kappa shape index (κ1) is 15.7. The van der Waals surface area contributed by atoms with Gasteiger partial charge in [-0.25, -0.2) is 0 Å². The smallest absolute Gasteiger partial charge is 0.207 e. The van der Waals surface area contributed by atoms with E-state index < -0.39 is 0 Å². The Morgan fingerprint density at radius 2 is 1.50 bits per heavy atom. The van der Waals surface area contributed by atoms with Crippen molar-refractivity contribution < 1.29 is 19.0 Å². The lowest BCUT2D eigenvalue weighted by Crippen LogP contribution is -2.20. The highest BCUT2D eigenvalue weighted by molar-refractivity contribution is 5.53. The van der Waals surface area contributed by atoms with Crippen molar-refractivity contribution in [3.63, 3.8) is 0 Å². The molecule has 5 nitrogen and oxygen atoms in total. The number of rotatable bonds is 7. The normalized spacial score (nSPS) is 11.4. The van der Waals surface area contributed by atoms with Crippen LogP contribution in [0.2, 0.25) is 0 Å². The van der Waals surface area contributed by atoms with Crippen molar-refractivity contribution in [2.45, 2.75) is 6.04 Å². The van der Waals surface area contributed by atoms with E-state index in [1.165, 1.54) is 0 Å². The number of hydrogen-bond donors (Lipinski definition) is 1. The third-order valence-electron chi connectivity index (χ3n) is 3.42. The second-order valence-corrected chi connectivity index (χ2v) is 4.61. The summed E-state index contributed by atoms with van der Waals surface area (Å²) in [7, 11) is 4.78. The molecule has 2 rings (SSSR count). The Labute approximate surface area is 129 Å². The zero-order valence-electron chi connectivity index (χ0n) is 12.8. The lowest BCUT2D eigenvalue weighted by atomic mass is 9.98. The summed E-state index contributed by atoms with van der Waals surface area (Å²) in [5.74, 6) is 2.03. The van der Waals surface area contributed by atoms with Crippen LogP contribution in [-0.2, 0) is 4.79 Å². The number of carbonyl (C=O) groups is 1. The summed E-state index contributed by atoms with van der Waals surface area (Å²) < 4.78 is 15.7. The molecule has 0 aliphatic rings. The van der Waals surface area contributed by atoms with E-state index in [2.05, 4.69) is 5.32 Å².